The highest BCUT2D eigenvalue weighted by atomic mass is 32.2. The molecule has 0 fully saturated rings. The van der Waals surface area contributed by atoms with E-state index >= 15 is 0 Å². The van der Waals surface area contributed by atoms with Crippen LogP contribution in [0.25, 0.3) is 0 Å². The van der Waals surface area contributed by atoms with Crippen LogP contribution in [-0.2, 0) is 16.4 Å². The van der Waals surface area contributed by atoms with Gasteiger partial charge < -0.3 is 5.32 Å². The van der Waals surface area contributed by atoms with Crippen molar-refractivity contribution in [3.63, 3.8) is 0 Å². The minimum atomic E-state index is -3.63. The summed E-state index contributed by atoms with van der Waals surface area (Å²) in [6, 6.07) is 16.0. The van der Waals surface area contributed by atoms with Gasteiger partial charge in [0.2, 0.25) is 10.0 Å². The zero-order chi connectivity index (χ0) is 18.3. The predicted octanol–water partition coefficient (Wildman–Crippen LogP) is 2.74. The molecule has 6 heteroatoms. The monoisotopic (exact) mass is 360 g/mol. The number of carbonyl (C=O) groups excluding carboxylic acids is 1. The molecule has 134 valence electrons. The number of nitrogens with one attached hydrogen (secondary N) is 2. The van der Waals surface area contributed by atoms with Gasteiger partial charge in [0.1, 0.15) is 0 Å². The van der Waals surface area contributed by atoms with E-state index in [1.54, 1.807) is 12.1 Å². The molecule has 5 nitrogen and oxygen atoms in total. The smallest absolute Gasteiger partial charge is 0.251 e. The van der Waals surface area contributed by atoms with Crippen molar-refractivity contribution in [3.05, 3.63) is 65.7 Å². The van der Waals surface area contributed by atoms with Crippen LogP contribution in [0.15, 0.2) is 59.5 Å². The van der Waals surface area contributed by atoms with Gasteiger partial charge in [-0.3, -0.25) is 4.79 Å². The molecule has 0 saturated carbocycles. The quantitative estimate of drug-likeness (QED) is 0.711. The van der Waals surface area contributed by atoms with Gasteiger partial charge in [-0.25, -0.2) is 13.1 Å². The fraction of sp³-hybridized carbons (Fsp3) is 0.316. The fourth-order valence-electron chi connectivity index (χ4n) is 2.38. The normalized spacial score (nSPS) is 11.5. The average molecular weight is 360 g/mol. The van der Waals surface area contributed by atoms with Crippen LogP contribution in [-0.4, -0.2) is 26.9 Å². The van der Waals surface area contributed by atoms with Crippen LogP contribution in [0.1, 0.15) is 36.2 Å². The molecule has 0 heterocycles. The first-order valence-electron chi connectivity index (χ1n) is 8.33. The molecule has 0 unspecified atom stereocenters. The van der Waals surface area contributed by atoms with Crippen molar-refractivity contribution in [2.45, 2.75) is 37.6 Å². The van der Waals surface area contributed by atoms with Gasteiger partial charge in [0.25, 0.3) is 5.91 Å². The molecular formula is C19H24N2O3S. The second kappa shape index (κ2) is 8.78. The Morgan fingerprint density at radius 3 is 2.44 bits per heavy atom. The van der Waals surface area contributed by atoms with E-state index in [-0.39, 0.29) is 16.8 Å². The molecule has 0 aromatic heterocycles. The van der Waals surface area contributed by atoms with Gasteiger partial charge in [-0.1, -0.05) is 36.4 Å². The van der Waals surface area contributed by atoms with Gasteiger partial charge in [0, 0.05) is 18.2 Å². The van der Waals surface area contributed by atoms with Crippen LogP contribution < -0.4 is 10.0 Å². The first-order valence-corrected chi connectivity index (χ1v) is 9.81. The minimum absolute atomic E-state index is 0.0103. The summed E-state index contributed by atoms with van der Waals surface area (Å²) in [5.74, 6) is -0.281. The SMILES string of the molecule is CC(C)NC(=O)c1cccc(S(=O)(=O)NCCCc2ccccc2)c1. The Morgan fingerprint density at radius 2 is 1.76 bits per heavy atom. The molecule has 2 aromatic rings. The summed E-state index contributed by atoms with van der Waals surface area (Å²) >= 11 is 0. The van der Waals surface area contributed by atoms with Crippen LogP contribution in [0, 0.1) is 0 Å². The third kappa shape index (κ3) is 5.99. The molecule has 2 rings (SSSR count). The predicted molar refractivity (Wildman–Crippen MR) is 99.0 cm³/mol. The average Bonchev–Trinajstić information content (AvgIpc) is 2.59. The summed E-state index contributed by atoms with van der Waals surface area (Å²) in [5.41, 5.74) is 1.51. The number of benzene rings is 2. The van der Waals surface area contributed by atoms with Crippen molar-refractivity contribution in [1.82, 2.24) is 10.0 Å². The third-order valence-electron chi connectivity index (χ3n) is 3.60. The lowest BCUT2D eigenvalue weighted by Gasteiger charge is -2.10. The summed E-state index contributed by atoms with van der Waals surface area (Å²) in [6.45, 7) is 4.05. The molecule has 0 bridgehead atoms. The highest BCUT2D eigenvalue weighted by Gasteiger charge is 2.16. The molecule has 2 N–H and O–H groups in total. The summed E-state index contributed by atoms with van der Waals surface area (Å²) in [5, 5.41) is 2.75. The summed E-state index contributed by atoms with van der Waals surface area (Å²) in [6.07, 6.45) is 1.51. The van der Waals surface area contributed by atoms with E-state index in [1.807, 2.05) is 44.2 Å². The first-order chi connectivity index (χ1) is 11.9. The molecule has 0 aliphatic rings. The summed E-state index contributed by atoms with van der Waals surface area (Å²) in [4.78, 5) is 12.1. The molecule has 0 atom stereocenters. The number of amides is 1. The Morgan fingerprint density at radius 1 is 1.04 bits per heavy atom. The second-order valence-electron chi connectivity index (χ2n) is 6.14. The lowest BCUT2D eigenvalue weighted by atomic mass is 10.1. The van der Waals surface area contributed by atoms with Crippen LogP contribution in [0.5, 0.6) is 0 Å². The number of hydrogen-bond donors (Lipinski definition) is 2. The molecule has 0 radical (unpaired) electrons. The van der Waals surface area contributed by atoms with Crippen LogP contribution in [0.3, 0.4) is 0 Å². The topological polar surface area (TPSA) is 75.3 Å². The number of hydrogen-bond acceptors (Lipinski definition) is 3. The van der Waals surface area contributed by atoms with Crippen LogP contribution in [0.4, 0.5) is 0 Å². The molecule has 25 heavy (non-hydrogen) atoms. The van der Waals surface area contributed by atoms with E-state index in [4.69, 9.17) is 0 Å². The standard InChI is InChI=1S/C19H24N2O3S/c1-15(2)21-19(22)17-11-6-12-18(14-17)25(23,24)20-13-7-10-16-8-4-3-5-9-16/h3-6,8-9,11-12,14-15,20H,7,10,13H2,1-2H3,(H,21,22). The van der Waals surface area contributed by atoms with E-state index in [2.05, 4.69) is 10.0 Å². The van der Waals surface area contributed by atoms with Gasteiger partial charge in [-0.15, -0.1) is 0 Å². The number of sulfonamides is 1. The third-order valence-corrected chi connectivity index (χ3v) is 5.06. The second-order valence-corrected chi connectivity index (χ2v) is 7.91. The van der Waals surface area contributed by atoms with Gasteiger partial charge in [0.15, 0.2) is 0 Å². The highest BCUT2D eigenvalue weighted by Crippen LogP contribution is 2.12. The maximum Gasteiger partial charge on any atom is 0.251 e. The van der Waals surface area contributed by atoms with Crippen LogP contribution in [0.2, 0.25) is 0 Å². The molecule has 0 aliphatic carbocycles. The maximum atomic E-state index is 12.4. The van der Waals surface area contributed by atoms with E-state index < -0.39 is 10.0 Å². The van der Waals surface area contributed by atoms with E-state index in [0.717, 1.165) is 6.42 Å². The lowest BCUT2D eigenvalue weighted by Crippen LogP contribution is -2.30. The Hall–Kier alpha value is -2.18. The largest absolute Gasteiger partial charge is 0.350 e. The maximum absolute atomic E-state index is 12.4. The fourth-order valence-corrected chi connectivity index (χ4v) is 3.50. The molecule has 0 saturated heterocycles. The van der Waals surface area contributed by atoms with E-state index in [1.165, 1.54) is 17.7 Å². The van der Waals surface area contributed by atoms with Gasteiger partial charge in [-0.2, -0.15) is 0 Å². The van der Waals surface area contributed by atoms with Crippen LogP contribution >= 0.6 is 0 Å². The van der Waals surface area contributed by atoms with E-state index in [0.29, 0.717) is 18.5 Å². The first kappa shape index (κ1) is 19.1. The lowest BCUT2D eigenvalue weighted by molar-refractivity contribution is 0.0943. The molecule has 0 spiro atoms. The van der Waals surface area contributed by atoms with Crippen molar-refractivity contribution in [2.75, 3.05) is 6.54 Å². The molecular weight excluding hydrogens is 336 g/mol. The number of aryl methyl sites for hydroxylation is 1. The van der Waals surface area contributed by atoms with E-state index in [9.17, 15) is 13.2 Å². The number of carbonyl (C=O) groups is 1. The Balaban J connectivity index is 1.96. The van der Waals surface area contributed by atoms with Gasteiger partial charge in [-0.05, 0) is 50.5 Å². The van der Waals surface area contributed by atoms with Crippen molar-refractivity contribution < 1.29 is 13.2 Å². The highest BCUT2D eigenvalue weighted by molar-refractivity contribution is 7.89. The van der Waals surface area contributed by atoms with Gasteiger partial charge >= 0.3 is 0 Å². The Kier molecular flexibility index (Phi) is 6.73. The van der Waals surface area contributed by atoms with Gasteiger partial charge in [0.05, 0.1) is 4.90 Å². The number of rotatable bonds is 8. The summed E-state index contributed by atoms with van der Waals surface area (Å²) in [7, 11) is -3.63. The summed E-state index contributed by atoms with van der Waals surface area (Å²) < 4.78 is 27.4. The Labute approximate surface area is 149 Å². The van der Waals surface area contributed by atoms with Crippen molar-refractivity contribution in [1.29, 1.82) is 0 Å². The molecule has 2 aromatic carbocycles. The van der Waals surface area contributed by atoms with Crippen molar-refractivity contribution >= 4 is 15.9 Å². The minimum Gasteiger partial charge on any atom is -0.350 e. The molecule has 0 aliphatic heterocycles. The zero-order valence-electron chi connectivity index (χ0n) is 14.5. The van der Waals surface area contributed by atoms with Crippen molar-refractivity contribution in [2.24, 2.45) is 0 Å². The Bertz CT molecular complexity index is 802. The van der Waals surface area contributed by atoms with Crippen molar-refractivity contribution in [3.8, 4) is 0 Å². The molecule has 1 amide bonds. The zero-order valence-corrected chi connectivity index (χ0v) is 15.3.